The van der Waals surface area contributed by atoms with E-state index in [1.165, 1.54) is 24.4 Å². The van der Waals surface area contributed by atoms with Crippen molar-refractivity contribution in [3.63, 3.8) is 0 Å². The molecule has 0 saturated heterocycles. The second kappa shape index (κ2) is 6.35. The number of hydrogen-bond acceptors (Lipinski definition) is 6. The van der Waals surface area contributed by atoms with Crippen LogP contribution in [0.3, 0.4) is 0 Å². The van der Waals surface area contributed by atoms with Crippen molar-refractivity contribution in [2.75, 3.05) is 16.6 Å². The van der Waals surface area contributed by atoms with Crippen LogP contribution in [0.2, 0.25) is 0 Å². The molecule has 0 spiro atoms. The fraction of sp³-hybridized carbons (Fsp3) is 0.250. The van der Waals surface area contributed by atoms with Crippen LogP contribution in [0.25, 0.3) is 0 Å². The Morgan fingerprint density at radius 1 is 1.19 bits per heavy atom. The Bertz CT molecular complexity index is 735. The Balaban J connectivity index is 2.15. The second-order valence-electron chi connectivity index (χ2n) is 4.22. The van der Waals surface area contributed by atoms with E-state index in [1.54, 1.807) is 6.07 Å². The van der Waals surface area contributed by atoms with Crippen LogP contribution in [0, 0.1) is 0 Å². The van der Waals surface area contributed by atoms with E-state index in [9.17, 15) is 13.2 Å². The van der Waals surface area contributed by atoms with Crippen molar-refractivity contribution < 1.29 is 8.42 Å². The van der Waals surface area contributed by atoms with Gasteiger partial charge in [0.2, 0.25) is 0 Å². The largest absolute Gasteiger partial charge is 0.370 e. The molecule has 0 aliphatic carbocycles. The van der Waals surface area contributed by atoms with Crippen molar-refractivity contribution >= 4 is 21.7 Å². The summed E-state index contributed by atoms with van der Waals surface area (Å²) >= 11 is 0. The maximum Gasteiger partial charge on any atom is 0.264 e. The van der Waals surface area contributed by atoms with E-state index >= 15 is 0 Å². The van der Waals surface area contributed by atoms with Gasteiger partial charge in [-0.2, -0.15) is 5.10 Å². The van der Waals surface area contributed by atoms with Crippen LogP contribution >= 0.6 is 0 Å². The number of rotatable bonds is 6. The molecule has 0 bridgehead atoms. The number of H-pyrrole nitrogens is 1. The highest BCUT2D eigenvalue weighted by molar-refractivity contribution is 7.92. The topological polar surface area (TPSA) is 117 Å². The zero-order chi connectivity index (χ0) is 15.3. The number of pyridine rings is 1. The third-order valence-electron chi connectivity index (χ3n) is 2.52. The van der Waals surface area contributed by atoms with Crippen LogP contribution in [0.15, 0.2) is 40.2 Å². The molecule has 0 aromatic carbocycles. The van der Waals surface area contributed by atoms with E-state index in [0.717, 1.165) is 13.0 Å². The molecule has 8 nitrogen and oxygen atoms in total. The minimum Gasteiger partial charge on any atom is -0.370 e. The van der Waals surface area contributed by atoms with Gasteiger partial charge in [0, 0.05) is 18.8 Å². The third-order valence-corrected chi connectivity index (χ3v) is 3.86. The van der Waals surface area contributed by atoms with Crippen LogP contribution in [-0.4, -0.2) is 30.1 Å². The lowest BCUT2D eigenvalue weighted by Gasteiger charge is -2.08. The van der Waals surface area contributed by atoms with Gasteiger partial charge in [-0.25, -0.2) is 18.5 Å². The first-order chi connectivity index (χ1) is 10.0. The standard InChI is InChI=1S/C12H15N5O3S/c1-2-7-13-10-4-3-9(8-14-10)21(19,20)17-11-5-6-12(18)16-15-11/h3-6,8H,2,7H2,1H3,(H,13,14)(H,15,17)(H,16,18). The van der Waals surface area contributed by atoms with Crippen LogP contribution in [0.1, 0.15) is 13.3 Å². The monoisotopic (exact) mass is 309 g/mol. The van der Waals surface area contributed by atoms with E-state index in [0.29, 0.717) is 5.82 Å². The number of hydrogen-bond donors (Lipinski definition) is 3. The van der Waals surface area contributed by atoms with E-state index in [-0.39, 0.29) is 10.7 Å². The summed E-state index contributed by atoms with van der Waals surface area (Å²) in [7, 11) is -3.79. The number of anilines is 2. The van der Waals surface area contributed by atoms with Crippen molar-refractivity contribution in [1.82, 2.24) is 15.2 Å². The van der Waals surface area contributed by atoms with Gasteiger partial charge in [-0.15, -0.1) is 0 Å². The first-order valence-corrected chi connectivity index (χ1v) is 7.78. The zero-order valence-electron chi connectivity index (χ0n) is 11.3. The predicted molar refractivity (Wildman–Crippen MR) is 78.7 cm³/mol. The molecule has 2 heterocycles. The summed E-state index contributed by atoms with van der Waals surface area (Å²) in [5, 5.41) is 8.79. The summed E-state index contributed by atoms with van der Waals surface area (Å²) in [6.45, 7) is 2.78. The van der Waals surface area contributed by atoms with Crippen LogP contribution in [-0.2, 0) is 10.0 Å². The van der Waals surface area contributed by atoms with Crippen molar-refractivity contribution in [3.05, 3.63) is 40.8 Å². The summed E-state index contributed by atoms with van der Waals surface area (Å²) in [6.07, 6.45) is 2.20. The highest BCUT2D eigenvalue weighted by Gasteiger charge is 2.15. The van der Waals surface area contributed by atoms with Crippen molar-refractivity contribution in [3.8, 4) is 0 Å². The number of aromatic nitrogens is 3. The second-order valence-corrected chi connectivity index (χ2v) is 5.90. The molecule has 0 amide bonds. The maximum atomic E-state index is 12.1. The lowest BCUT2D eigenvalue weighted by molar-refractivity contribution is 0.600. The highest BCUT2D eigenvalue weighted by Crippen LogP contribution is 2.14. The Morgan fingerprint density at radius 3 is 2.52 bits per heavy atom. The minimum atomic E-state index is -3.79. The smallest absolute Gasteiger partial charge is 0.264 e. The molecule has 2 aromatic heterocycles. The fourth-order valence-electron chi connectivity index (χ4n) is 1.49. The van der Waals surface area contributed by atoms with Crippen LogP contribution in [0.4, 0.5) is 11.6 Å². The summed E-state index contributed by atoms with van der Waals surface area (Å²) < 4.78 is 26.5. The zero-order valence-corrected chi connectivity index (χ0v) is 12.1. The molecule has 0 unspecified atom stereocenters. The van der Waals surface area contributed by atoms with Gasteiger partial charge in [-0.3, -0.25) is 9.52 Å². The summed E-state index contributed by atoms with van der Waals surface area (Å²) in [5.41, 5.74) is -0.411. The number of sulfonamides is 1. The first kappa shape index (κ1) is 15.0. The molecule has 0 saturated carbocycles. The molecule has 0 radical (unpaired) electrons. The lowest BCUT2D eigenvalue weighted by atomic mass is 10.4. The molecule has 3 N–H and O–H groups in total. The van der Waals surface area contributed by atoms with Gasteiger partial charge in [0.25, 0.3) is 15.6 Å². The molecule has 0 aliphatic heterocycles. The van der Waals surface area contributed by atoms with Gasteiger partial charge < -0.3 is 5.32 Å². The van der Waals surface area contributed by atoms with Gasteiger partial charge in [0.05, 0.1) is 0 Å². The SMILES string of the molecule is CCCNc1ccc(S(=O)(=O)Nc2ccc(=O)[nH]n2)cn1. The molecule has 0 atom stereocenters. The summed E-state index contributed by atoms with van der Waals surface area (Å²) in [6, 6.07) is 5.49. The summed E-state index contributed by atoms with van der Waals surface area (Å²) in [4.78, 5) is 14.9. The molecular weight excluding hydrogens is 294 g/mol. The number of aromatic amines is 1. The molecule has 0 fully saturated rings. The quantitative estimate of drug-likeness (QED) is 0.726. The van der Waals surface area contributed by atoms with Gasteiger partial charge in [0.1, 0.15) is 10.7 Å². The average molecular weight is 309 g/mol. The van der Waals surface area contributed by atoms with E-state index < -0.39 is 15.6 Å². The Labute approximate surface area is 121 Å². The molecule has 21 heavy (non-hydrogen) atoms. The molecular formula is C12H15N5O3S. The van der Waals surface area contributed by atoms with E-state index in [4.69, 9.17) is 0 Å². The number of nitrogens with zero attached hydrogens (tertiary/aromatic N) is 2. The minimum absolute atomic E-state index is 0.0116. The Hall–Kier alpha value is -2.42. The Kier molecular flexibility index (Phi) is 4.53. The van der Waals surface area contributed by atoms with Crippen LogP contribution < -0.4 is 15.6 Å². The molecule has 112 valence electrons. The van der Waals surface area contributed by atoms with Crippen LogP contribution in [0.5, 0.6) is 0 Å². The van der Waals surface area contributed by atoms with Gasteiger partial charge >= 0.3 is 0 Å². The first-order valence-electron chi connectivity index (χ1n) is 6.30. The highest BCUT2D eigenvalue weighted by atomic mass is 32.2. The van der Waals surface area contributed by atoms with E-state index in [2.05, 4.69) is 25.2 Å². The van der Waals surface area contributed by atoms with Crippen molar-refractivity contribution in [2.24, 2.45) is 0 Å². The van der Waals surface area contributed by atoms with Gasteiger partial charge in [0.15, 0.2) is 5.82 Å². The molecule has 9 heteroatoms. The predicted octanol–water partition coefficient (Wildman–Crippen LogP) is 0.788. The van der Waals surface area contributed by atoms with Gasteiger partial charge in [-0.05, 0) is 24.6 Å². The Morgan fingerprint density at radius 2 is 1.95 bits per heavy atom. The third kappa shape index (κ3) is 4.02. The van der Waals surface area contributed by atoms with Gasteiger partial charge in [-0.1, -0.05) is 6.92 Å². The molecule has 2 aromatic rings. The van der Waals surface area contributed by atoms with Crippen molar-refractivity contribution in [2.45, 2.75) is 18.2 Å². The molecule has 0 aliphatic rings. The fourth-order valence-corrected chi connectivity index (χ4v) is 2.44. The maximum absolute atomic E-state index is 12.1. The lowest BCUT2D eigenvalue weighted by Crippen LogP contribution is -2.16. The number of nitrogens with one attached hydrogen (secondary N) is 3. The molecule has 2 rings (SSSR count). The van der Waals surface area contributed by atoms with E-state index in [1.807, 2.05) is 6.92 Å². The van der Waals surface area contributed by atoms with Crippen molar-refractivity contribution in [1.29, 1.82) is 0 Å². The normalized spacial score (nSPS) is 11.1. The average Bonchev–Trinajstić information content (AvgIpc) is 2.48. The summed E-state index contributed by atoms with van der Waals surface area (Å²) in [5.74, 6) is 0.640.